The highest BCUT2D eigenvalue weighted by Gasteiger charge is 2.30. The molecule has 0 aliphatic heterocycles. The maximum Gasteiger partial charge on any atom is 0.244 e. The van der Waals surface area contributed by atoms with Gasteiger partial charge in [-0.05, 0) is 44.3 Å². The average molecular weight is 341 g/mol. The maximum atomic E-state index is 12.7. The van der Waals surface area contributed by atoms with Crippen LogP contribution >= 0.6 is 0 Å². The lowest BCUT2D eigenvalue weighted by molar-refractivity contribution is -0.126. The first-order chi connectivity index (χ1) is 11.9. The van der Waals surface area contributed by atoms with Crippen LogP contribution in [0.4, 0.5) is 0 Å². The molecular formula is C20H27N3O2. The van der Waals surface area contributed by atoms with Crippen LogP contribution in [0.3, 0.4) is 0 Å². The molecule has 2 rings (SSSR count). The van der Waals surface area contributed by atoms with Gasteiger partial charge in [-0.15, -0.1) is 0 Å². The van der Waals surface area contributed by atoms with Gasteiger partial charge in [0.1, 0.15) is 11.3 Å². The van der Waals surface area contributed by atoms with Gasteiger partial charge >= 0.3 is 0 Å². The van der Waals surface area contributed by atoms with Gasteiger partial charge in [0.05, 0.1) is 13.2 Å². The summed E-state index contributed by atoms with van der Waals surface area (Å²) in [6.45, 7) is 2.19. The van der Waals surface area contributed by atoms with Gasteiger partial charge in [-0.3, -0.25) is 4.79 Å². The molecule has 0 fully saturated rings. The zero-order valence-electron chi connectivity index (χ0n) is 15.3. The maximum absolute atomic E-state index is 12.7. The first-order valence-electron chi connectivity index (χ1n) is 8.29. The van der Waals surface area contributed by atoms with E-state index in [0.29, 0.717) is 6.54 Å². The Labute approximate surface area is 149 Å². The monoisotopic (exact) mass is 341 g/mol. The number of nitrogens with zero attached hydrogens (tertiary/aromatic N) is 1. The molecule has 0 saturated heterocycles. The smallest absolute Gasteiger partial charge is 0.244 e. The van der Waals surface area contributed by atoms with Crippen molar-refractivity contribution in [1.82, 2.24) is 10.2 Å². The molecule has 0 bridgehead atoms. The van der Waals surface area contributed by atoms with Crippen molar-refractivity contribution in [2.75, 3.05) is 27.7 Å². The molecule has 0 heterocycles. The predicted octanol–water partition coefficient (Wildman–Crippen LogP) is 2.29. The van der Waals surface area contributed by atoms with Gasteiger partial charge in [0.2, 0.25) is 5.91 Å². The van der Waals surface area contributed by atoms with Crippen LogP contribution in [-0.2, 0) is 10.3 Å². The van der Waals surface area contributed by atoms with Crippen molar-refractivity contribution in [2.45, 2.75) is 18.5 Å². The molecule has 134 valence electrons. The number of likely N-dealkylation sites (N-methyl/N-ethyl adjacent to an activating group) is 1. The number of hydrogen-bond donors (Lipinski definition) is 2. The molecule has 25 heavy (non-hydrogen) atoms. The van der Waals surface area contributed by atoms with E-state index in [-0.39, 0.29) is 11.9 Å². The van der Waals surface area contributed by atoms with E-state index in [1.807, 2.05) is 68.7 Å². The van der Waals surface area contributed by atoms with E-state index in [4.69, 9.17) is 10.5 Å². The van der Waals surface area contributed by atoms with Crippen LogP contribution in [-0.4, -0.2) is 38.6 Å². The summed E-state index contributed by atoms with van der Waals surface area (Å²) in [6, 6.07) is 17.3. The summed E-state index contributed by atoms with van der Waals surface area (Å²) in [5.41, 5.74) is 7.07. The number of nitrogens with two attached hydrogens (primary N) is 1. The Balaban J connectivity index is 2.12. The fraction of sp³-hybridized carbons (Fsp3) is 0.350. The van der Waals surface area contributed by atoms with Gasteiger partial charge in [-0.2, -0.15) is 0 Å². The number of rotatable bonds is 7. The molecule has 5 heteroatoms. The number of benzene rings is 2. The van der Waals surface area contributed by atoms with E-state index < -0.39 is 5.54 Å². The van der Waals surface area contributed by atoms with Crippen molar-refractivity contribution < 1.29 is 9.53 Å². The van der Waals surface area contributed by atoms with Crippen LogP contribution in [0.5, 0.6) is 5.75 Å². The number of nitrogens with one attached hydrogen (secondary N) is 1. The van der Waals surface area contributed by atoms with Crippen molar-refractivity contribution in [3.05, 3.63) is 65.7 Å². The highest BCUT2D eigenvalue weighted by atomic mass is 16.5. The Kier molecular flexibility index (Phi) is 6.17. The van der Waals surface area contributed by atoms with Crippen LogP contribution in [0.15, 0.2) is 54.6 Å². The molecule has 2 unspecified atom stereocenters. The summed E-state index contributed by atoms with van der Waals surface area (Å²) >= 11 is 0. The number of carbonyl (C=O) groups is 1. The van der Waals surface area contributed by atoms with Gasteiger partial charge < -0.3 is 20.7 Å². The Bertz CT molecular complexity index is 699. The molecule has 2 aromatic rings. The topological polar surface area (TPSA) is 67.6 Å². The zero-order chi connectivity index (χ0) is 18.4. The lowest BCUT2D eigenvalue weighted by atomic mass is 9.92. The number of hydrogen-bond acceptors (Lipinski definition) is 4. The molecular weight excluding hydrogens is 314 g/mol. The summed E-state index contributed by atoms with van der Waals surface area (Å²) in [7, 11) is 5.61. The summed E-state index contributed by atoms with van der Waals surface area (Å²) < 4.78 is 5.30. The molecule has 0 saturated carbocycles. The molecule has 0 aliphatic rings. The van der Waals surface area contributed by atoms with Crippen LogP contribution in [0.2, 0.25) is 0 Å². The van der Waals surface area contributed by atoms with Crippen LogP contribution in [0, 0.1) is 0 Å². The fourth-order valence-corrected chi connectivity index (χ4v) is 2.74. The largest absolute Gasteiger partial charge is 0.497 e. The van der Waals surface area contributed by atoms with E-state index in [1.165, 1.54) is 0 Å². The van der Waals surface area contributed by atoms with Crippen molar-refractivity contribution in [2.24, 2.45) is 5.73 Å². The minimum atomic E-state index is -1.08. The SMILES string of the molecule is COc1cccc(C(CNC(=O)C(C)(N)c2ccccc2)N(C)C)c1. The molecule has 0 aliphatic carbocycles. The van der Waals surface area contributed by atoms with E-state index in [2.05, 4.69) is 10.2 Å². The molecule has 2 atom stereocenters. The predicted molar refractivity (Wildman–Crippen MR) is 100 cm³/mol. The lowest BCUT2D eigenvalue weighted by Gasteiger charge is -2.29. The number of amides is 1. The molecule has 5 nitrogen and oxygen atoms in total. The van der Waals surface area contributed by atoms with Crippen LogP contribution < -0.4 is 15.8 Å². The third kappa shape index (κ3) is 4.59. The average Bonchev–Trinajstić information content (AvgIpc) is 2.62. The first kappa shape index (κ1) is 19.0. The fourth-order valence-electron chi connectivity index (χ4n) is 2.74. The molecule has 1 amide bonds. The second kappa shape index (κ2) is 8.14. The normalized spacial score (nSPS) is 14.6. The lowest BCUT2D eigenvalue weighted by Crippen LogP contribution is -2.50. The molecule has 0 radical (unpaired) electrons. The van der Waals surface area contributed by atoms with E-state index in [1.54, 1.807) is 14.0 Å². The number of ether oxygens (including phenoxy) is 1. The van der Waals surface area contributed by atoms with Crippen LogP contribution in [0.25, 0.3) is 0 Å². The molecule has 3 N–H and O–H groups in total. The second-order valence-electron chi connectivity index (χ2n) is 6.53. The van der Waals surface area contributed by atoms with Crippen molar-refractivity contribution in [1.29, 1.82) is 0 Å². The Morgan fingerprint density at radius 2 is 1.88 bits per heavy atom. The number of carbonyl (C=O) groups excluding carboxylic acids is 1. The Hall–Kier alpha value is -2.37. The summed E-state index contributed by atoms with van der Waals surface area (Å²) in [4.78, 5) is 14.7. The van der Waals surface area contributed by atoms with E-state index >= 15 is 0 Å². The van der Waals surface area contributed by atoms with Gasteiger partial charge in [0, 0.05) is 6.54 Å². The van der Waals surface area contributed by atoms with Crippen LogP contribution in [0.1, 0.15) is 24.1 Å². The van der Waals surface area contributed by atoms with Gasteiger partial charge in [0.15, 0.2) is 0 Å². The van der Waals surface area contributed by atoms with E-state index in [9.17, 15) is 4.79 Å². The third-order valence-corrected chi connectivity index (χ3v) is 4.40. The van der Waals surface area contributed by atoms with E-state index in [0.717, 1.165) is 16.9 Å². The Morgan fingerprint density at radius 1 is 1.20 bits per heavy atom. The molecule has 2 aromatic carbocycles. The summed E-state index contributed by atoms with van der Waals surface area (Å²) in [5, 5.41) is 2.99. The quantitative estimate of drug-likeness (QED) is 0.811. The third-order valence-electron chi connectivity index (χ3n) is 4.40. The zero-order valence-corrected chi connectivity index (χ0v) is 15.3. The van der Waals surface area contributed by atoms with Gasteiger partial charge in [-0.25, -0.2) is 0 Å². The standard InChI is InChI=1S/C20H27N3O2/c1-20(21,16-10-6-5-7-11-16)19(24)22-14-18(23(2)3)15-9-8-12-17(13-15)25-4/h5-13,18H,14,21H2,1-4H3,(H,22,24). The van der Waals surface area contributed by atoms with Crippen molar-refractivity contribution in [3.63, 3.8) is 0 Å². The van der Waals surface area contributed by atoms with Crippen molar-refractivity contribution in [3.8, 4) is 5.75 Å². The van der Waals surface area contributed by atoms with Gasteiger partial charge in [0.25, 0.3) is 0 Å². The van der Waals surface area contributed by atoms with Crippen molar-refractivity contribution >= 4 is 5.91 Å². The minimum Gasteiger partial charge on any atom is -0.497 e. The summed E-state index contributed by atoms with van der Waals surface area (Å²) in [5.74, 6) is 0.595. The summed E-state index contributed by atoms with van der Waals surface area (Å²) in [6.07, 6.45) is 0. The molecule has 0 spiro atoms. The highest BCUT2D eigenvalue weighted by molar-refractivity contribution is 5.87. The molecule has 0 aromatic heterocycles. The Morgan fingerprint density at radius 3 is 2.48 bits per heavy atom. The second-order valence-corrected chi connectivity index (χ2v) is 6.53. The number of methoxy groups -OCH3 is 1. The minimum absolute atomic E-state index is 0.0191. The first-order valence-corrected chi connectivity index (χ1v) is 8.29. The van der Waals surface area contributed by atoms with Gasteiger partial charge in [-0.1, -0.05) is 42.5 Å². The highest BCUT2D eigenvalue weighted by Crippen LogP contribution is 2.23.